The molecule has 0 saturated heterocycles. The third kappa shape index (κ3) is 5.22. The lowest BCUT2D eigenvalue weighted by Gasteiger charge is -2.12. The van der Waals surface area contributed by atoms with Gasteiger partial charge >= 0.3 is 0 Å². The van der Waals surface area contributed by atoms with Crippen molar-refractivity contribution < 1.29 is 14.3 Å². The largest absolute Gasteiger partial charge is 0.493 e. The number of anilines is 1. The van der Waals surface area contributed by atoms with Gasteiger partial charge in [0.1, 0.15) is 18.2 Å². The van der Waals surface area contributed by atoms with Gasteiger partial charge in [-0.25, -0.2) is 0 Å². The number of carbonyl (C=O) groups is 1. The van der Waals surface area contributed by atoms with Gasteiger partial charge in [-0.05, 0) is 58.3 Å². The van der Waals surface area contributed by atoms with Gasteiger partial charge in [-0.3, -0.25) is 4.79 Å². The molecule has 0 aliphatic heterocycles. The molecule has 0 heterocycles. The molecule has 5 nitrogen and oxygen atoms in total. The van der Waals surface area contributed by atoms with Crippen LogP contribution >= 0.6 is 15.9 Å². The predicted octanol–water partition coefficient (Wildman–Crippen LogP) is 4.88. The minimum absolute atomic E-state index is 0.0213. The summed E-state index contributed by atoms with van der Waals surface area (Å²) in [6.45, 7) is 5.83. The van der Waals surface area contributed by atoms with Crippen molar-refractivity contribution in [3.8, 4) is 17.6 Å². The van der Waals surface area contributed by atoms with Crippen LogP contribution in [-0.2, 0) is 4.79 Å². The van der Waals surface area contributed by atoms with E-state index in [-0.39, 0.29) is 5.57 Å². The molecule has 2 aromatic carbocycles. The highest BCUT2D eigenvalue weighted by Gasteiger charge is 2.14. The number of nitrogens with zero attached hydrogens (tertiary/aromatic N) is 1. The van der Waals surface area contributed by atoms with Gasteiger partial charge in [0.15, 0.2) is 11.5 Å². The number of methoxy groups -OCH3 is 1. The van der Waals surface area contributed by atoms with Gasteiger partial charge in [0.05, 0.1) is 11.6 Å². The van der Waals surface area contributed by atoms with Gasteiger partial charge in [-0.2, -0.15) is 5.26 Å². The molecule has 27 heavy (non-hydrogen) atoms. The maximum absolute atomic E-state index is 12.5. The number of aryl methyl sites for hydroxylation is 1. The summed E-state index contributed by atoms with van der Waals surface area (Å²) in [5.41, 5.74) is 2.18. The van der Waals surface area contributed by atoms with E-state index in [9.17, 15) is 10.1 Å². The highest BCUT2D eigenvalue weighted by atomic mass is 79.9. The average molecular weight is 427 g/mol. The van der Waals surface area contributed by atoms with Crippen LogP contribution in [0.25, 0.3) is 6.08 Å². The molecule has 0 bridgehead atoms. The number of nitriles is 1. The van der Waals surface area contributed by atoms with Crippen molar-refractivity contribution in [3.05, 3.63) is 70.2 Å². The number of carbonyl (C=O) groups excluding carboxylic acids is 1. The first kappa shape index (κ1) is 20.3. The van der Waals surface area contributed by atoms with E-state index in [1.54, 1.807) is 24.3 Å². The highest BCUT2D eigenvalue weighted by Crippen LogP contribution is 2.37. The van der Waals surface area contributed by atoms with Crippen molar-refractivity contribution in [2.45, 2.75) is 6.92 Å². The topological polar surface area (TPSA) is 71.3 Å². The van der Waals surface area contributed by atoms with Crippen LogP contribution in [-0.4, -0.2) is 19.6 Å². The summed E-state index contributed by atoms with van der Waals surface area (Å²) in [4.78, 5) is 12.5. The molecular weight excluding hydrogens is 408 g/mol. The fourth-order valence-corrected chi connectivity index (χ4v) is 2.90. The second-order valence-electron chi connectivity index (χ2n) is 5.57. The second-order valence-corrected chi connectivity index (χ2v) is 6.43. The summed E-state index contributed by atoms with van der Waals surface area (Å²) in [6.07, 6.45) is 3.13. The Bertz CT molecular complexity index is 930. The standard InChI is InChI=1S/C21H19BrN2O3/c1-4-9-27-20-17(22)11-15(12-19(20)26-3)10-16(13-23)21(25)24-18-8-6-5-7-14(18)2/h4-8,10-12H,1,9H2,2-3H3,(H,24,25)/b16-10+. The molecule has 0 saturated carbocycles. The second kappa shape index (κ2) is 9.60. The Balaban J connectivity index is 2.33. The average Bonchev–Trinajstić information content (AvgIpc) is 2.66. The molecule has 0 radical (unpaired) electrons. The van der Waals surface area contributed by atoms with Crippen LogP contribution < -0.4 is 14.8 Å². The number of ether oxygens (including phenoxy) is 2. The SMILES string of the molecule is C=CCOc1c(Br)cc(/C=C(\C#N)C(=O)Nc2ccccc2C)cc1OC. The smallest absolute Gasteiger partial charge is 0.266 e. The molecule has 2 aromatic rings. The summed E-state index contributed by atoms with van der Waals surface area (Å²) in [6, 6.07) is 12.8. The summed E-state index contributed by atoms with van der Waals surface area (Å²) in [5, 5.41) is 12.2. The zero-order chi connectivity index (χ0) is 19.8. The number of para-hydroxylation sites is 1. The number of nitrogens with one attached hydrogen (secondary N) is 1. The van der Waals surface area contributed by atoms with E-state index in [1.807, 2.05) is 31.2 Å². The van der Waals surface area contributed by atoms with E-state index in [0.29, 0.717) is 33.8 Å². The molecule has 1 N–H and O–H groups in total. The van der Waals surface area contributed by atoms with E-state index in [0.717, 1.165) is 5.56 Å². The van der Waals surface area contributed by atoms with Gasteiger partial charge in [0.25, 0.3) is 5.91 Å². The molecule has 2 rings (SSSR count). The summed E-state index contributed by atoms with van der Waals surface area (Å²) < 4.78 is 11.6. The number of amides is 1. The Morgan fingerprint density at radius 3 is 2.74 bits per heavy atom. The summed E-state index contributed by atoms with van der Waals surface area (Å²) in [5.74, 6) is 0.528. The van der Waals surface area contributed by atoms with Gasteiger partial charge in [-0.1, -0.05) is 30.9 Å². The molecule has 0 aromatic heterocycles. The Kier molecular flexibility index (Phi) is 7.21. The predicted molar refractivity (Wildman–Crippen MR) is 110 cm³/mol. The number of rotatable bonds is 7. The lowest BCUT2D eigenvalue weighted by atomic mass is 10.1. The van der Waals surface area contributed by atoms with Crippen LogP contribution in [0.1, 0.15) is 11.1 Å². The molecule has 0 spiro atoms. The lowest BCUT2D eigenvalue weighted by molar-refractivity contribution is -0.112. The Labute approximate surface area is 167 Å². The normalized spacial score (nSPS) is 10.7. The number of hydrogen-bond acceptors (Lipinski definition) is 4. The van der Waals surface area contributed by atoms with Crippen LogP contribution in [0.4, 0.5) is 5.69 Å². The number of halogens is 1. The molecule has 1 amide bonds. The Hall–Kier alpha value is -3.04. The van der Waals surface area contributed by atoms with Crippen molar-refractivity contribution in [1.82, 2.24) is 0 Å². The van der Waals surface area contributed by atoms with Crippen LogP contribution in [0.2, 0.25) is 0 Å². The zero-order valence-corrected chi connectivity index (χ0v) is 16.7. The first-order chi connectivity index (χ1) is 13.0. The molecular formula is C21H19BrN2O3. The number of benzene rings is 2. The monoisotopic (exact) mass is 426 g/mol. The van der Waals surface area contributed by atoms with E-state index in [4.69, 9.17) is 9.47 Å². The molecule has 0 fully saturated rings. The molecule has 0 aliphatic rings. The molecule has 0 unspecified atom stereocenters. The van der Waals surface area contributed by atoms with Crippen molar-refractivity contribution in [1.29, 1.82) is 5.26 Å². The van der Waals surface area contributed by atoms with E-state index in [1.165, 1.54) is 13.2 Å². The fraction of sp³-hybridized carbons (Fsp3) is 0.143. The van der Waals surface area contributed by atoms with E-state index < -0.39 is 5.91 Å². The molecule has 138 valence electrons. The van der Waals surface area contributed by atoms with Crippen molar-refractivity contribution >= 4 is 33.6 Å². The van der Waals surface area contributed by atoms with Crippen LogP contribution in [0, 0.1) is 18.3 Å². The van der Waals surface area contributed by atoms with Crippen molar-refractivity contribution in [2.24, 2.45) is 0 Å². The van der Waals surface area contributed by atoms with Crippen LogP contribution in [0.3, 0.4) is 0 Å². The van der Waals surface area contributed by atoms with Crippen LogP contribution in [0.15, 0.2) is 59.1 Å². The molecule has 0 aliphatic carbocycles. The summed E-state index contributed by atoms with van der Waals surface area (Å²) >= 11 is 3.43. The minimum atomic E-state index is -0.478. The first-order valence-electron chi connectivity index (χ1n) is 8.10. The quantitative estimate of drug-likeness (QED) is 0.389. The first-order valence-corrected chi connectivity index (χ1v) is 8.89. The number of hydrogen-bond donors (Lipinski definition) is 1. The van der Waals surface area contributed by atoms with Crippen molar-refractivity contribution in [3.63, 3.8) is 0 Å². The Morgan fingerprint density at radius 1 is 1.37 bits per heavy atom. The van der Waals surface area contributed by atoms with E-state index in [2.05, 4.69) is 27.8 Å². The minimum Gasteiger partial charge on any atom is -0.493 e. The molecule has 6 heteroatoms. The third-order valence-electron chi connectivity index (χ3n) is 3.67. The van der Waals surface area contributed by atoms with Gasteiger partial charge < -0.3 is 14.8 Å². The van der Waals surface area contributed by atoms with Gasteiger partial charge in [0, 0.05) is 5.69 Å². The van der Waals surface area contributed by atoms with Gasteiger partial charge in [0.2, 0.25) is 0 Å². The maximum Gasteiger partial charge on any atom is 0.266 e. The summed E-state index contributed by atoms with van der Waals surface area (Å²) in [7, 11) is 1.52. The fourth-order valence-electron chi connectivity index (χ4n) is 2.32. The van der Waals surface area contributed by atoms with Crippen molar-refractivity contribution in [2.75, 3.05) is 19.0 Å². The van der Waals surface area contributed by atoms with Gasteiger partial charge in [-0.15, -0.1) is 0 Å². The van der Waals surface area contributed by atoms with Crippen LogP contribution in [0.5, 0.6) is 11.5 Å². The lowest BCUT2D eigenvalue weighted by Crippen LogP contribution is -2.14. The zero-order valence-electron chi connectivity index (χ0n) is 15.1. The maximum atomic E-state index is 12.5. The van der Waals surface area contributed by atoms with E-state index >= 15 is 0 Å². The third-order valence-corrected chi connectivity index (χ3v) is 4.26. The highest BCUT2D eigenvalue weighted by molar-refractivity contribution is 9.10. The molecule has 0 atom stereocenters. The Morgan fingerprint density at radius 2 is 2.11 bits per heavy atom.